The summed E-state index contributed by atoms with van der Waals surface area (Å²) < 4.78 is 0. The molecule has 0 saturated carbocycles. The molecule has 2 rings (SSSR count). The maximum Gasteiger partial charge on any atom is 0.0209 e. The van der Waals surface area contributed by atoms with Gasteiger partial charge in [0.05, 0.1) is 0 Å². The lowest BCUT2D eigenvalue weighted by atomic mass is 10.2. The van der Waals surface area contributed by atoms with Crippen molar-refractivity contribution in [3.05, 3.63) is 11.1 Å². The van der Waals surface area contributed by atoms with Crippen molar-refractivity contribution in [2.75, 3.05) is 33.2 Å². The number of hydrogen-bond donors (Lipinski definition) is 1. The highest BCUT2D eigenvalue weighted by Crippen LogP contribution is 2.17. The van der Waals surface area contributed by atoms with Crippen molar-refractivity contribution in [1.82, 2.24) is 10.2 Å². The lowest BCUT2D eigenvalue weighted by Crippen LogP contribution is -2.22. The number of nitrogens with one attached hydrogen (secondary N) is 1. The third-order valence-electron chi connectivity index (χ3n) is 2.10. The summed E-state index contributed by atoms with van der Waals surface area (Å²) in [4.78, 5) is 2.37. The zero-order valence-electron chi connectivity index (χ0n) is 6.59. The average Bonchev–Trinajstić information content (AvgIpc) is 2.22. The van der Waals surface area contributed by atoms with Gasteiger partial charge in [-0.05, 0) is 18.2 Å². The standard InChI is InChI=1S/C7H12N2.2BrH/c1-9-4-6-2-8-3-7(6)5-9;;/h8H,2-5H2,1H3;2*1H. The largest absolute Gasteiger partial charge is 0.309 e. The molecule has 4 heteroatoms. The second kappa shape index (κ2) is 4.60. The molecule has 2 heterocycles. The highest BCUT2D eigenvalue weighted by molar-refractivity contribution is 8.93. The van der Waals surface area contributed by atoms with E-state index >= 15 is 0 Å². The Morgan fingerprint density at radius 1 is 1.09 bits per heavy atom. The van der Waals surface area contributed by atoms with Gasteiger partial charge in [0.2, 0.25) is 0 Å². The molecule has 0 aliphatic carbocycles. The Labute approximate surface area is 88.6 Å². The van der Waals surface area contributed by atoms with Crippen molar-refractivity contribution in [2.45, 2.75) is 0 Å². The highest BCUT2D eigenvalue weighted by Gasteiger charge is 2.21. The van der Waals surface area contributed by atoms with E-state index in [2.05, 4.69) is 17.3 Å². The van der Waals surface area contributed by atoms with Crippen LogP contribution >= 0.6 is 34.0 Å². The number of nitrogens with zero attached hydrogens (tertiary/aromatic N) is 1. The second-order valence-corrected chi connectivity index (χ2v) is 2.98. The molecule has 0 unspecified atom stereocenters. The first-order valence-electron chi connectivity index (χ1n) is 3.45. The van der Waals surface area contributed by atoms with E-state index in [4.69, 9.17) is 0 Å². The van der Waals surface area contributed by atoms with E-state index in [0.717, 1.165) is 13.1 Å². The molecule has 0 aromatic heterocycles. The molecule has 0 spiro atoms. The molecule has 0 radical (unpaired) electrons. The topological polar surface area (TPSA) is 15.3 Å². The Morgan fingerprint density at radius 3 is 2.00 bits per heavy atom. The Bertz CT molecular complexity index is 152. The highest BCUT2D eigenvalue weighted by atomic mass is 79.9. The first-order chi connectivity index (χ1) is 4.36. The molecule has 0 saturated heterocycles. The molecule has 0 bridgehead atoms. The lowest BCUT2D eigenvalue weighted by Gasteiger charge is -2.09. The van der Waals surface area contributed by atoms with Gasteiger partial charge in [-0.2, -0.15) is 0 Å². The number of likely N-dealkylation sites (N-methyl/N-ethyl adjacent to an activating group) is 1. The number of halogens is 2. The lowest BCUT2D eigenvalue weighted by molar-refractivity contribution is 0.414. The van der Waals surface area contributed by atoms with Gasteiger partial charge in [0.25, 0.3) is 0 Å². The molecular formula is C7H14Br2N2. The van der Waals surface area contributed by atoms with Gasteiger partial charge in [0.15, 0.2) is 0 Å². The van der Waals surface area contributed by atoms with Gasteiger partial charge in [-0.3, -0.25) is 4.90 Å². The second-order valence-electron chi connectivity index (χ2n) is 2.98. The summed E-state index contributed by atoms with van der Waals surface area (Å²) in [6.07, 6.45) is 0. The van der Waals surface area contributed by atoms with Crippen LogP contribution in [-0.2, 0) is 0 Å². The number of hydrogen-bond acceptors (Lipinski definition) is 2. The van der Waals surface area contributed by atoms with Crippen LogP contribution in [0.4, 0.5) is 0 Å². The van der Waals surface area contributed by atoms with Crippen molar-refractivity contribution in [3.63, 3.8) is 0 Å². The van der Waals surface area contributed by atoms with Crippen LogP contribution in [-0.4, -0.2) is 38.1 Å². The van der Waals surface area contributed by atoms with Crippen molar-refractivity contribution < 1.29 is 0 Å². The quantitative estimate of drug-likeness (QED) is 0.668. The molecule has 2 aliphatic heterocycles. The number of rotatable bonds is 0. The zero-order chi connectivity index (χ0) is 6.27. The molecule has 0 aromatic carbocycles. The summed E-state index contributed by atoms with van der Waals surface area (Å²) in [7, 11) is 2.18. The van der Waals surface area contributed by atoms with Gasteiger partial charge in [0, 0.05) is 26.2 Å². The SMILES string of the molecule is Br.Br.CN1CC2=C(CNC2)C1. The third-order valence-corrected chi connectivity index (χ3v) is 2.10. The van der Waals surface area contributed by atoms with E-state index in [9.17, 15) is 0 Å². The summed E-state index contributed by atoms with van der Waals surface area (Å²) in [5, 5.41) is 3.34. The van der Waals surface area contributed by atoms with Crippen LogP contribution < -0.4 is 5.32 Å². The van der Waals surface area contributed by atoms with Gasteiger partial charge < -0.3 is 5.32 Å². The zero-order valence-corrected chi connectivity index (χ0v) is 10.0. The van der Waals surface area contributed by atoms with Crippen molar-refractivity contribution in [3.8, 4) is 0 Å². The fourth-order valence-electron chi connectivity index (χ4n) is 1.66. The molecule has 1 N–H and O–H groups in total. The van der Waals surface area contributed by atoms with Crippen LogP contribution in [0, 0.1) is 0 Å². The van der Waals surface area contributed by atoms with Gasteiger partial charge in [-0.15, -0.1) is 34.0 Å². The third kappa shape index (κ3) is 2.28. The Kier molecular flexibility index (Phi) is 4.86. The van der Waals surface area contributed by atoms with Gasteiger partial charge in [-0.25, -0.2) is 0 Å². The Hall–Kier alpha value is 0.620. The van der Waals surface area contributed by atoms with E-state index < -0.39 is 0 Å². The monoisotopic (exact) mass is 284 g/mol. The molecule has 0 atom stereocenters. The fraction of sp³-hybridized carbons (Fsp3) is 0.714. The smallest absolute Gasteiger partial charge is 0.0209 e. The molecule has 0 aromatic rings. The van der Waals surface area contributed by atoms with Gasteiger partial charge >= 0.3 is 0 Å². The first kappa shape index (κ1) is 11.6. The predicted molar refractivity (Wildman–Crippen MR) is 58.0 cm³/mol. The maximum absolute atomic E-state index is 3.34. The van der Waals surface area contributed by atoms with E-state index in [1.165, 1.54) is 13.1 Å². The van der Waals surface area contributed by atoms with E-state index in [1.807, 2.05) is 0 Å². The summed E-state index contributed by atoms with van der Waals surface area (Å²) >= 11 is 0. The van der Waals surface area contributed by atoms with Crippen LogP contribution in [0.25, 0.3) is 0 Å². The van der Waals surface area contributed by atoms with Crippen LogP contribution in [0.15, 0.2) is 11.1 Å². The minimum absolute atomic E-state index is 0. The van der Waals surface area contributed by atoms with E-state index in [1.54, 1.807) is 11.1 Å². The van der Waals surface area contributed by atoms with Crippen molar-refractivity contribution in [2.24, 2.45) is 0 Å². The molecule has 66 valence electrons. The van der Waals surface area contributed by atoms with Crippen LogP contribution in [0.5, 0.6) is 0 Å². The van der Waals surface area contributed by atoms with Crippen molar-refractivity contribution in [1.29, 1.82) is 0 Å². The average molecular weight is 286 g/mol. The summed E-state index contributed by atoms with van der Waals surface area (Å²) in [6, 6.07) is 0. The minimum atomic E-state index is 0. The summed E-state index contributed by atoms with van der Waals surface area (Å²) in [5.74, 6) is 0. The van der Waals surface area contributed by atoms with Gasteiger partial charge in [-0.1, -0.05) is 0 Å². The normalized spacial score (nSPS) is 22.6. The Morgan fingerprint density at radius 2 is 1.55 bits per heavy atom. The molecular weight excluding hydrogens is 272 g/mol. The first-order valence-corrected chi connectivity index (χ1v) is 3.45. The molecule has 0 fully saturated rings. The van der Waals surface area contributed by atoms with Crippen LogP contribution in [0.2, 0.25) is 0 Å². The molecule has 2 nitrogen and oxygen atoms in total. The van der Waals surface area contributed by atoms with E-state index in [0.29, 0.717) is 0 Å². The van der Waals surface area contributed by atoms with E-state index in [-0.39, 0.29) is 34.0 Å². The van der Waals surface area contributed by atoms with Crippen LogP contribution in [0.3, 0.4) is 0 Å². The minimum Gasteiger partial charge on any atom is -0.309 e. The summed E-state index contributed by atoms with van der Waals surface area (Å²) in [6.45, 7) is 4.67. The predicted octanol–water partition coefficient (Wildman–Crippen LogP) is 0.987. The Balaban J connectivity index is 0.000000500. The molecule has 11 heavy (non-hydrogen) atoms. The van der Waals surface area contributed by atoms with Crippen LogP contribution in [0.1, 0.15) is 0 Å². The molecule has 2 aliphatic rings. The maximum atomic E-state index is 3.34. The summed E-state index contributed by atoms with van der Waals surface area (Å²) in [5.41, 5.74) is 3.27. The van der Waals surface area contributed by atoms with Gasteiger partial charge in [0.1, 0.15) is 0 Å². The fourth-order valence-corrected chi connectivity index (χ4v) is 1.66. The van der Waals surface area contributed by atoms with Crippen molar-refractivity contribution >= 4 is 34.0 Å². The molecule has 0 amide bonds.